The maximum Gasteiger partial charge on any atom is 0.119 e. The van der Waals surface area contributed by atoms with Crippen molar-refractivity contribution in [1.29, 1.82) is 0 Å². The lowest BCUT2D eigenvalue weighted by atomic mass is 9.99. The first-order chi connectivity index (χ1) is 17.4. The zero-order valence-electron chi connectivity index (χ0n) is 21.0. The number of allylic oxidation sites excluding steroid dienone is 2. The van der Waals surface area contributed by atoms with Gasteiger partial charge in [0.15, 0.2) is 0 Å². The molecule has 5 nitrogen and oxygen atoms in total. The predicted molar refractivity (Wildman–Crippen MR) is 142 cm³/mol. The Morgan fingerprint density at radius 3 is 2.67 bits per heavy atom. The molecule has 1 saturated heterocycles. The SMILES string of the molecule is Cc1c(C2=CCC(O)C=C2)n(Cc2ccc(OC[C@H](C)N3CC[C@@H](CF)C3)cc2)c2ccc(O)cc12. The number of hydrogen-bond donors (Lipinski definition) is 2. The first-order valence-electron chi connectivity index (χ1n) is 12.8. The molecule has 6 heteroatoms. The van der Waals surface area contributed by atoms with Crippen molar-refractivity contribution in [3.8, 4) is 11.5 Å². The van der Waals surface area contributed by atoms with Gasteiger partial charge in [0, 0.05) is 36.0 Å². The van der Waals surface area contributed by atoms with E-state index in [9.17, 15) is 14.6 Å². The van der Waals surface area contributed by atoms with E-state index < -0.39 is 6.10 Å². The van der Waals surface area contributed by atoms with Crippen LogP contribution in [0.3, 0.4) is 0 Å². The number of ether oxygens (including phenoxy) is 1. The van der Waals surface area contributed by atoms with Gasteiger partial charge in [-0.25, -0.2) is 0 Å². The van der Waals surface area contributed by atoms with Gasteiger partial charge in [0.1, 0.15) is 18.1 Å². The van der Waals surface area contributed by atoms with Crippen LogP contribution in [-0.4, -0.2) is 58.2 Å². The van der Waals surface area contributed by atoms with Crippen molar-refractivity contribution in [2.24, 2.45) is 5.92 Å². The first-order valence-corrected chi connectivity index (χ1v) is 12.8. The summed E-state index contributed by atoms with van der Waals surface area (Å²) in [5.74, 6) is 1.25. The van der Waals surface area contributed by atoms with Crippen LogP contribution in [0.4, 0.5) is 4.39 Å². The first kappa shape index (κ1) is 24.6. The number of aryl methyl sites for hydroxylation is 1. The highest BCUT2D eigenvalue weighted by atomic mass is 19.1. The molecule has 0 spiro atoms. The number of hydrogen-bond acceptors (Lipinski definition) is 4. The van der Waals surface area contributed by atoms with Crippen LogP contribution in [0.15, 0.2) is 60.7 Å². The second-order valence-corrected chi connectivity index (χ2v) is 10.2. The Morgan fingerprint density at radius 1 is 1.17 bits per heavy atom. The van der Waals surface area contributed by atoms with Gasteiger partial charge in [-0.2, -0.15) is 0 Å². The number of halogens is 1. The largest absolute Gasteiger partial charge is 0.508 e. The van der Waals surface area contributed by atoms with E-state index in [4.69, 9.17) is 4.74 Å². The molecular formula is C30H35FN2O3. The number of aromatic hydroxyl groups is 1. The predicted octanol–water partition coefficient (Wildman–Crippen LogP) is 5.47. The molecular weight excluding hydrogens is 455 g/mol. The van der Waals surface area contributed by atoms with Crippen molar-refractivity contribution in [2.45, 2.75) is 45.4 Å². The summed E-state index contributed by atoms with van der Waals surface area (Å²) in [6, 6.07) is 14.0. The summed E-state index contributed by atoms with van der Waals surface area (Å²) in [6.45, 7) is 7.00. The zero-order chi connectivity index (χ0) is 25.2. The van der Waals surface area contributed by atoms with Gasteiger partial charge in [-0.1, -0.05) is 30.4 Å². The third-order valence-corrected chi connectivity index (χ3v) is 7.56. The normalized spacial score (nSPS) is 21.2. The topological polar surface area (TPSA) is 57.9 Å². The molecule has 1 aliphatic carbocycles. The Hall–Kier alpha value is -3.09. The number of nitrogens with zero attached hydrogens (tertiary/aromatic N) is 2. The van der Waals surface area contributed by atoms with Crippen molar-refractivity contribution >= 4 is 16.5 Å². The van der Waals surface area contributed by atoms with Crippen LogP contribution < -0.4 is 4.74 Å². The van der Waals surface area contributed by atoms with Crippen molar-refractivity contribution in [3.63, 3.8) is 0 Å². The van der Waals surface area contributed by atoms with Crippen LogP contribution in [0.2, 0.25) is 0 Å². The average Bonchev–Trinajstić information content (AvgIpc) is 3.47. The molecule has 0 bridgehead atoms. The van der Waals surface area contributed by atoms with Crippen LogP contribution in [0.5, 0.6) is 11.5 Å². The molecule has 1 unspecified atom stereocenters. The second kappa shape index (κ2) is 10.5. The highest BCUT2D eigenvalue weighted by Crippen LogP contribution is 2.35. The van der Waals surface area contributed by atoms with E-state index in [-0.39, 0.29) is 24.4 Å². The molecule has 2 N–H and O–H groups in total. The van der Waals surface area contributed by atoms with Gasteiger partial charge in [0.2, 0.25) is 0 Å². The maximum atomic E-state index is 12.9. The van der Waals surface area contributed by atoms with Crippen molar-refractivity contribution in [2.75, 3.05) is 26.4 Å². The second-order valence-electron chi connectivity index (χ2n) is 10.2. The fraction of sp³-hybridized carbons (Fsp3) is 0.400. The molecule has 0 amide bonds. The summed E-state index contributed by atoms with van der Waals surface area (Å²) in [5.41, 5.74) is 5.50. The molecule has 2 heterocycles. The van der Waals surface area contributed by atoms with E-state index in [1.54, 1.807) is 6.07 Å². The molecule has 2 aliphatic rings. The lowest BCUT2D eigenvalue weighted by Crippen LogP contribution is -2.35. The van der Waals surface area contributed by atoms with E-state index >= 15 is 0 Å². The average molecular weight is 491 g/mol. The number of fused-ring (bicyclic) bond motifs is 1. The van der Waals surface area contributed by atoms with Gasteiger partial charge in [-0.05, 0) is 80.3 Å². The molecule has 3 aromatic rings. The molecule has 36 heavy (non-hydrogen) atoms. The summed E-state index contributed by atoms with van der Waals surface area (Å²) in [6.07, 6.45) is 6.98. The van der Waals surface area contributed by atoms with Crippen molar-refractivity contribution in [3.05, 3.63) is 77.5 Å². The lowest BCUT2D eigenvalue weighted by Gasteiger charge is -2.24. The van der Waals surface area contributed by atoms with Crippen LogP contribution in [0, 0.1) is 12.8 Å². The van der Waals surface area contributed by atoms with Crippen LogP contribution in [0.25, 0.3) is 16.5 Å². The molecule has 190 valence electrons. The number of aliphatic hydroxyl groups is 1. The van der Waals surface area contributed by atoms with Crippen LogP contribution >= 0.6 is 0 Å². The molecule has 1 fully saturated rings. The number of phenolic OH excluding ortho intramolecular Hbond substituents is 1. The monoisotopic (exact) mass is 490 g/mol. The minimum atomic E-state index is -0.443. The number of benzene rings is 2. The summed E-state index contributed by atoms with van der Waals surface area (Å²) in [7, 11) is 0. The third kappa shape index (κ3) is 5.06. The van der Waals surface area contributed by atoms with Crippen molar-refractivity contribution < 1.29 is 19.3 Å². The van der Waals surface area contributed by atoms with Gasteiger partial charge in [-0.3, -0.25) is 9.29 Å². The molecule has 3 atom stereocenters. The highest BCUT2D eigenvalue weighted by Gasteiger charge is 2.26. The van der Waals surface area contributed by atoms with Gasteiger partial charge in [0.25, 0.3) is 0 Å². The molecule has 2 aromatic carbocycles. The van der Waals surface area contributed by atoms with Crippen molar-refractivity contribution in [1.82, 2.24) is 9.47 Å². The number of aliphatic hydroxyl groups excluding tert-OH is 1. The fourth-order valence-corrected chi connectivity index (χ4v) is 5.42. The quantitative estimate of drug-likeness (QED) is 0.440. The van der Waals surface area contributed by atoms with E-state index in [1.807, 2.05) is 36.4 Å². The van der Waals surface area contributed by atoms with E-state index in [1.165, 1.54) is 0 Å². The van der Waals surface area contributed by atoms with E-state index in [0.717, 1.165) is 58.6 Å². The Morgan fingerprint density at radius 2 is 1.97 bits per heavy atom. The summed E-state index contributed by atoms with van der Waals surface area (Å²) < 4.78 is 21.3. The molecule has 0 radical (unpaired) electrons. The molecule has 5 rings (SSSR count). The van der Waals surface area contributed by atoms with Gasteiger partial charge >= 0.3 is 0 Å². The summed E-state index contributed by atoms with van der Waals surface area (Å²) >= 11 is 0. The van der Waals surface area contributed by atoms with Crippen LogP contribution in [-0.2, 0) is 6.54 Å². The van der Waals surface area contributed by atoms with E-state index in [0.29, 0.717) is 19.6 Å². The standard InChI is InChI=1S/C30H35FN2O3/c1-20(32-14-13-23(16-31)17-32)19-36-27-10-3-22(4-11-27)18-33-29-12-9-26(35)15-28(29)21(2)30(33)24-5-7-25(34)8-6-24/h3-7,9-12,15,20,23,25,34-35H,8,13-14,16-19H2,1-2H3/t20-,23-,25?/m0/s1. The molecule has 1 aromatic heterocycles. The Balaban J connectivity index is 1.34. The maximum absolute atomic E-state index is 12.9. The number of phenols is 1. The lowest BCUT2D eigenvalue weighted by molar-refractivity contribution is 0.165. The Kier molecular flexibility index (Phi) is 7.17. The number of likely N-dealkylation sites (tertiary alicyclic amines) is 1. The minimum Gasteiger partial charge on any atom is -0.508 e. The minimum absolute atomic E-state index is 0.166. The summed E-state index contributed by atoms with van der Waals surface area (Å²) in [4.78, 5) is 2.31. The van der Waals surface area contributed by atoms with Crippen LogP contribution in [0.1, 0.15) is 36.6 Å². The highest BCUT2D eigenvalue weighted by molar-refractivity contribution is 5.93. The number of aromatic nitrogens is 1. The van der Waals surface area contributed by atoms with E-state index in [2.05, 4.69) is 41.5 Å². The number of rotatable bonds is 8. The van der Waals surface area contributed by atoms with Gasteiger partial charge < -0.3 is 19.5 Å². The zero-order valence-corrected chi connectivity index (χ0v) is 21.0. The number of alkyl halides is 1. The summed E-state index contributed by atoms with van der Waals surface area (Å²) in [5, 5.41) is 21.0. The smallest absolute Gasteiger partial charge is 0.119 e. The Bertz CT molecular complexity index is 1280. The molecule has 1 aliphatic heterocycles. The Labute approximate surface area is 212 Å². The van der Waals surface area contributed by atoms with Gasteiger partial charge in [0.05, 0.1) is 18.5 Å². The molecule has 0 saturated carbocycles. The fourth-order valence-electron chi connectivity index (χ4n) is 5.42. The van der Waals surface area contributed by atoms with Gasteiger partial charge in [-0.15, -0.1) is 0 Å². The third-order valence-electron chi connectivity index (χ3n) is 7.56.